The second-order valence-electron chi connectivity index (χ2n) is 6.77. The quantitative estimate of drug-likeness (QED) is 0.923. The fraction of sp³-hybridized carbons (Fsp3) is 0.556. The third-order valence-electron chi connectivity index (χ3n) is 5.29. The Morgan fingerprint density at radius 2 is 2.09 bits per heavy atom. The number of carbonyl (C=O) groups is 1. The maximum Gasteiger partial charge on any atom is 0.225 e. The van der Waals surface area contributed by atoms with E-state index in [2.05, 4.69) is 27.0 Å². The molecule has 1 saturated carbocycles. The Hall–Kier alpha value is -1.84. The molecule has 4 rings (SSSR count). The van der Waals surface area contributed by atoms with Crippen molar-refractivity contribution in [2.24, 2.45) is 5.92 Å². The Kier molecular flexibility index (Phi) is 3.60. The molecule has 116 valence electrons. The highest BCUT2D eigenvalue weighted by Gasteiger charge is 2.31. The zero-order chi connectivity index (χ0) is 14.9. The van der Waals surface area contributed by atoms with Crippen molar-refractivity contribution in [1.82, 2.24) is 14.9 Å². The van der Waals surface area contributed by atoms with Gasteiger partial charge in [-0.05, 0) is 43.9 Å². The molecule has 0 radical (unpaired) electrons. The standard InChI is InChI=1S/C18H23N3O/c22-18(13-5-1-2-6-13)21-10-4-8-15(12-21)16-11-14-7-3-9-19-17(14)20-16/h3,7,9,11,13,15H,1-2,4-6,8,10,12H2,(H,19,20). The van der Waals surface area contributed by atoms with Gasteiger partial charge in [-0.3, -0.25) is 4.79 Å². The van der Waals surface area contributed by atoms with E-state index < -0.39 is 0 Å². The third-order valence-corrected chi connectivity index (χ3v) is 5.29. The summed E-state index contributed by atoms with van der Waals surface area (Å²) in [7, 11) is 0. The molecule has 4 heteroatoms. The van der Waals surface area contributed by atoms with Crippen LogP contribution in [0.1, 0.15) is 50.1 Å². The summed E-state index contributed by atoms with van der Waals surface area (Å²) in [5.74, 6) is 1.12. The smallest absolute Gasteiger partial charge is 0.225 e. The van der Waals surface area contributed by atoms with E-state index in [1.165, 1.54) is 18.5 Å². The molecule has 4 nitrogen and oxygen atoms in total. The summed E-state index contributed by atoms with van der Waals surface area (Å²) in [5, 5.41) is 1.16. The Morgan fingerprint density at radius 1 is 1.23 bits per heavy atom. The second kappa shape index (κ2) is 5.75. The molecule has 2 fully saturated rings. The van der Waals surface area contributed by atoms with Crippen LogP contribution in [-0.2, 0) is 4.79 Å². The number of nitrogens with zero attached hydrogens (tertiary/aromatic N) is 2. The normalized spacial score (nSPS) is 23.3. The van der Waals surface area contributed by atoms with Gasteiger partial charge >= 0.3 is 0 Å². The van der Waals surface area contributed by atoms with Gasteiger partial charge in [0.2, 0.25) is 5.91 Å². The summed E-state index contributed by atoms with van der Waals surface area (Å²) in [5.41, 5.74) is 2.19. The van der Waals surface area contributed by atoms with Crippen LogP contribution in [0, 0.1) is 5.92 Å². The van der Waals surface area contributed by atoms with Gasteiger partial charge in [-0.25, -0.2) is 4.98 Å². The van der Waals surface area contributed by atoms with Gasteiger partial charge in [0.05, 0.1) is 0 Å². The van der Waals surface area contributed by atoms with Crippen LogP contribution in [0.5, 0.6) is 0 Å². The Balaban J connectivity index is 1.51. The maximum atomic E-state index is 12.7. The lowest BCUT2D eigenvalue weighted by Crippen LogP contribution is -2.41. The molecule has 2 aromatic rings. The average molecular weight is 297 g/mol. The Morgan fingerprint density at radius 3 is 2.91 bits per heavy atom. The molecule has 2 aromatic heterocycles. The number of pyridine rings is 1. The number of likely N-dealkylation sites (tertiary alicyclic amines) is 1. The van der Waals surface area contributed by atoms with Crippen LogP contribution in [0.2, 0.25) is 0 Å². The second-order valence-corrected chi connectivity index (χ2v) is 6.77. The van der Waals surface area contributed by atoms with E-state index in [4.69, 9.17) is 0 Å². The van der Waals surface area contributed by atoms with Gasteiger partial charge in [0.1, 0.15) is 5.65 Å². The molecule has 0 bridgehead atoms. The first kappa shape index (κ1) is 13.8. The number of fused-ring (bicyclic) bond motifs is 1. The summed E-state index contributed by atoms with van der Waals surface area (Å²) in [6.07, 6.45) is 8.71. The highest BCUT2D eigenvalue weighted by atomic mass is 16.2. The lowest BCUT2D eigenvalue weighted by Gasteiger charge is -2.34. The molecular formula is C18H23N3O. The van der Waals surface area contributed by atoms with E-state index in [-0.39, 0.29) is 0 Å². The highest BCUT2D eigenvalue weighted by molar-refractivity contribution is 5.79. The summed E-state index contributed by atoms with van der Waals surface area (Å²) >= 11 is 0. The molecule has 3 heterocycles. The van der Waals surface area contributed by atoms with Crippen LogP contribution in [0.3, 0.4) is 0 Å². The van der Waals surface area contributed by atoms with Crippen LogP contribution in [0.25, 0.3) is 11.0 Å². The van der Waals surface area contributed by atoms with Gasteiger partial charge in [0.15, 0.2) is 0 Å². The number of hydrogen-bond donors (Lipinski definition) is 1. The average Bonchev–Trinajstić information content (AvgIpc) is 3.23. The number of rotatable bonds is 2. The van der Waals surface area contributed by atoms with Crippen molar-refractivity contribution in [3.05, 3.63) is 30.1 Å². The summed E-state index contributed by atoms with van der Waals surface area (Å²) in [6, 6.07) is 6.26. The largest absolute Gasteiger partial charge is 0.343 e. The van der Waals surface area contributed by atoms with Gasteiger partial charge in [-0.1, -0.05) is 12.8 Å². The van der Waals surface area contributed by atoms with E-state index in [0.717, 1.165) is 49.8 Å². The van der Waals surface area contributed by atoms with E-state index in [1.54, 1.807) is 0 Å². The van der Waals surface area contributed by atoms with Crippen LogP contribution in [0.15, 0.2) is 24.4 Å². The van der Waals surface area contributed by atoms with Crippen molar-refractivity contribution in [2.75, 3.05) is 13.1 Å². The Bertz CT molecular complexity index is 639. The third kappa shape index (κ3) is 2.51. The van der Waals surface area contributed by atoms with Gasteiger partial charge in [-0.15, -0.1) is 0 Å². The summed E-state index contributed by atoms with van der Waals surface area (Å²) < 4.78 is 0. The number of piperidine rings is 1. The van der Waals surface area contributed by atoms with Crippen LogP contribution in [-0.4, -0.2) is 33.9 Å². The lowest BCUT2D eigenvalue weighted by atomic mass is 9.93. The van der Waals surface area contributed by atoms with Crippen LogP contribution >= 0.6 is 0 Å². The lowest BCUT2D eigenvalue weighted by molar-refractivity contribution is -0.136. The molecule has 1 aliphatic carbocycles. The van der Waals surface area contributed by atoms with Crippen LogP contribution < -0.4 is 0 Å². The zero-order valence-corrected chi connectivity index (χ0v) is 12.9. The number of carbonyl (C=O) groups excluding carboxylic acids is 1. The van der Waals surface area contributed by atoms with Crippen LogP contribution in [0.4, 0.5) is 0 Å². The van der Waals surface area contributed by atoms with Gasteiger partial charge in [-0.2, -0.15) is 0 Å². The first-order valence-electron chi connectivity index (χ1n) is 8.54. The molecule has 0 spiro atoms. The van der Waals surface area contributed by atoms with E-state index >= 15 is 0 Å². The number of nitrogens with one attached hydrogen (secondary N) is 1. The molecule has 0 aromatic carbocycles. The first-order chi connectivity index (χ1) is 10.8. The van der Waals surface area contributed by atoms with E-state index in [9.17, 15) is 4.79 Å². The predicted molar refractivity (Wildman–Crippen MR) is 86.6 cm³/mol. The minimum Gasteiger partial charge on any atom is -0.343 e. The first-order valence-corrected chi connectivity index (χ1v) is 8.54. The topological polar surface area (TPSA) is 49.0 Å². The SMILES string of the molecule is O=C(C1CCCC1)N1CCCC(c2cc3cccnc3[nH]2)C1. The minimum atomic E-state index is 0.295. The number of aromatic amines is 1. The van der Waals surface area contributed by atoms with E-state index in [1.807, 2.05) is 12.3 Å². The highest BCUT2D eigenvalue weighted by Crippen LogP contribution is 2.32. The molecule has 2 aliphatic rings. The molecule has 1 unspecified atom stereocenters. The van der Waals surface area contributed by atoms with Gasteiger partial charge < -0.3 is 9.88 Å². The fourth-order valence-electron chi connectivity index (χ4n) is 4.06. The van der Waals surface area contributed by atoms with Crippen molar-refractivity contribution in [3.8, 4) is 0 Å². The zero-order valence-electron chi connectivity index (χ0n) is 12.9. The predicted octanol–water partition coefficient (Wildman–Crippen LogP) is 3.46. The molecule has 1 amide bonds. The maximum absolute atomic E-state index is 12.7. The van der Waals surface area contributed by atoms with Crippen molar-refractivity contribution in [1.29, 1.82) is 0 Å². The van der Waals surface area contributed by atoms with Crippen molar-refractivity contribution in [2.45, 2.75) is 44.4 Å². The fourth-order valence-corrected chi connectivity index (χ4v) is 4.06. The number of aromatic nitrogens is 2. The molecule has 1 aliphatic heterocycles. The molecule has 1 atom stereocenters. The summed E-state index contributed by atoms with van der Waals surface area (Å²) in [4.78, 5) is 22.6. The molecule has 1 saturated heterocycles. The Labute approximate surface area is 130 Å². The molecule has 22 heavy (non-hydrogen) atoms. The summed E-state index contributed by atoms with van der Waals surface area (Å²) in [6.45, 7) is 1.80. The number of amides is 1. The van der Waals surface area contributed by atoms with Crippen molar-refractivity contribution in [3.63, 3.8) is 0 Å². The van der Waals surface area contributed by atoms with Crippen molar-refractivity contribution >= 4 is 16.9 Å². The van der Waals surface area contributed by atoms with Gasteiger partial charge in [0.25, 0.3) is 0 Å². The molecule has 1 N–H and O–H groups in total. The monoisotopic (exact) mass is 297 g/mol. The number of hydrogen-bond acceptors (Lipinski definition) is 2. The minimum absolute atomic E-state index is 0.295. The van der Waals surface area contributed by atoms with E-state index in [0.29, 0.717) is 17.7 Å². The van der Waals surface area contributed by atoms with Gasteiger partial charge in [0, 0.05) is 42.2 Å². The molecular weight excluding hydrogens is 274 g/mol. The van der Waals surface area contributed by atoms with Crippen molar-refractivity contribution < 1.29 is 4.79 Å². The number of H-pyrrole nitrogens is 1.